The van der Waals surface area contributed by atoms with Crippen molar-refractivity contribution in [3.63, 3.8) is 0 Å². The summed E-state index contributed by atoms with van der Waals surface area (Å²) in [7, 11) is 0. The fourth-order valence-corrected chi connectivity index (χ4v) is 4.47. The second kappa shape index (κ2) is 9.49. The Labute approximate surface area is 213 Å². The van der Waals surface area contributed by atoms with Crippen LogP contribution in [0.15, 0.2) is 48.5 Å². The molecule has 0 aliphatic carbocycles. The van der Waals surface area contributed by atoms with Gasteiger partial charge in [-0.2, -0.15) is 13.2 Å². The fraction of sp³-hybridized carbons (Fsp3) is 0.333. The Kier molecular flexibility index (Phi) is 7.38. The number of rotatable bonds is 4. The van der Waals surface area contributed by atoms with Crippen LogP contribution in [0.5, 0.6) is 0 Å². The van der Waals surface area contributed by atoms with Crippen molar-refractivity contribution in [2.45, 2.75) is 38.2 Å². The van der Waals surface area contributed by atoms with Crippen LogP contribution in [0.3, 0.4) is 0 Å². The van der Waals surface area contributed by atoms with Crippen LogP contribution in [0.1, 0.15) is 42.3 Å². The number of halogens is 6. The maximum absolute atomic E-state index is 15.2. The summed E-state index contributed by atoms with van der Waals surface area (Å²) in [4.78, 5) is 25.8. The molecule has 0 spiro atoms. The fourth-order valence-electron chi connectivity index (χ4n) is 3.38. The van der Waals surface area contributed by atoms with Crippen LogP contribution >= 0.6 is 34.2 Å². The second-order valence-electron chi connectivity index (χ2n) is 8.96. The molecule has 10 heteroatoms. The molecule has 0 radical (unpaired) electrons. The Bertz CT molecular complexity index is 1110. The van der Waals surface area contributed by atoms with Crippen LogP contribution < -0.4 is 0 Å². The molecule has 4 nitrogen and oxygen atoms in total. The first kappa shape index (κ1) is 26.5. The third-order valence-electron chi connectivity index (χ3n) is 4.98. The number of ketones is 1. The van der Waals surface area contributed by atoms with Crippen molar-refractivity contribution in [3.8, 4) is 0 Å². The van der Waals surface area contributed by atoms with Gasteiger partial charge in [-0.25, -0.2) is 9.18 Å². The van der Waals surface area contributed by atoms with Gasteiger partial charge in [0, 0.05) is 14.2 Å². The Morgan fingerprint density at radius 1 is 1.06 bits per heavy atom. The number of nitrogens with zero attached hydrogens (tertiary/aromatic N) is 1. The first-order chi connectivity index (χ1) is 15.6. The van der Waals surface area contributed by atoms with E-state index in [1.54, 1.807) is 20.8 Å². The number of amides is 1. The Hall–Kier alpha value is -2.14. The molecule has 1 saturated heterocycles. The molecule has 0 atom stereocenters. The molecule has 2 aromatic carbocycles. The molecule has 182 valence electrons. The predicted octanol–water partition coefficient (Wildman–Crippen LogP) is 7.19. The number of likely N-dealkylation sites (tertiary alicyclic amines) is 1. The van der Waals surface area contributed by atoms with Gasteiger partial charge in [-0.3, -0.25) is 4.79 Å². The molecule has 0 bridgehead atoms. The van der Waals surface area contributed by atoms with Crippen LogP contribution in [0.4, 0.5) is 22.4 Å². The van der Waals surface area contributed by atoms with Gasteiger partial charge in [-0.05, 0) is 78.8 Å². The van der Waals surface area contributed by atoms with Crippen molar-refractivity contribution in [2.75, 3.05) is 13.1 Å². The third kappa shape index (κ3) is 6.29. The first-order valence-electron chi connectivity index (χ1n) is 10.1. The van der Waals surface area contributed by atoms with Crippen LogP contribution in [-0.2, 0) is 10.4 Å². The molecule has 0 aromatic heterocycles. The van der Waals surface area contributed by atoms with E-state index in [1.807, 2.05) is 22.6 Å². The Morgan fingerprint density at radius 2 is 1.65 bits per heavy atom. The van der Waals surface area contributed by atoms with Gasteiger partial charge in [0.1, 0.15) is 5.60 Å². The lowest BCUT2D eigenvalue weighted by molar-refractivity contribution is -0.0690. The number of alkyl halides is 4. The highest BCUT2D eigenvalue weighted by Gasteiger charge is 2.48. The van der Waals surface area contributed by atoms with E-state index in [2.05, 4.69) is 0 Å². The van der Waals surface area contributed by atoms with Gasteiger partial charge in [0.2, 0.25) is 0 Å². The SMILES string of the molecule is CC(C)(C)OC(=O)N1CC(F)(c2ccc(C(=O)/C=C(\c3cc(Cl)cc(I)c3)C(F)(F)F)cc2)C1. The van der Waals surface area contributed by atoms with Crippen LogP contribution in [0.2, 0.25) is 5.02 Å². The molecule has 2 aromatic rings. The lowest BCUT2D eigenvalue weighted by Crippen LogP contribution is -2.59. The van der Waals surface area contributed by atoms with E-state index in [1.165, 1.54) is 41.3 Å². The van der Waals surface area contributed by atoms with E-state index in [4.69, 9.17) is 16.3 Å². The molecule has 3 rings (SSSR count). The summed E-state index contributed by atoms with van der Waals surface area (Å²) in [5, 5.41) is 0.114. The quantitative estimate of drug-likeness (QED) is 0.160. The number of carbonyl (C=O) groups is 2. The molecular formula is C24H21ClF4INO3. The van der Waals surface area contributed by atoms with Gasteiger partial charge in [-0.1, -0.05) is 35.9 Å². The van der Waals surface area contributed by atoms with Crippen molar-refractivity contribution in [1.29, 1.82) is 0 Å². The number of carbonyl (C=O) groups excluding carboxylic acids is 2. The van der Waals surface area contributed by atoms with Crippen molar-refractivity contribution in [3.05, 3.63) is 73.8 Å². The summed E-state index contributed by atoms with van der Waals surface area (Å²) in [6, 6.07) is 9.12. The maximum Gasteiger partial charge on any atom is 0.417 e. The minimum absolute atomic E-state index is 0.0332. The zero-order valence-electron chi connectivity index (χ0n) is 18.5. The second-order valence-corrected chi connectivity index (χ2v) is 10.6. The molecule has 1 heterocycles. The summed E-state index contributed by atoms with van der Waals surface area (Å²) in [5.74, 6) is -0.884. The van der Waals surface area contributed by atoms with Crippen LogP contribution in [0, 0.1) is 3.57 Å². The molecule has 1 amide bonds. The van der Waals surface area contributed by atoms with E-state index < -0.39 is 34.9 Å². The van der Waals surface area contributed by atoms with Gasteiger partial charge >= 0.3 is 12.3 Å². The standard InChI is InChI=1S/C24H21ClF4INO3/c1-22(2,3)34-21(33)31-12-23(26,13-31)16-6-4-14(5-7-16)20(32)11-19(24(27,28)29)15-8-17(25)10-18(30)9-15/h4-11H,12-13H2,1-3H3/b19-11+. The van der Waals surface area contributed by atoms with Gasteiger partial charge in [0.25, 0.3) is 0 Å². The highest BCUT2D eigenvalue weighted by atomic mass is 127. The Balaban J connectivity index is 1.78. The molecule has 1 aliphatic heterocycles. The van der Waals surface area contributed by atoms with E-state index in [-0.39, 0.29) is 34.8 Å². The maximum atomic E-state index is 15.2. The normalized spacial score (nSPS) is 16.1. The minimum Gasteiger partial charge on any atom is -0.444 e. The lowest BCUT2D eigenvalue weighted by atomic mass is 9.87. The van der Waals surface area contributed by atoms with Crippen molar-refractivity contribution < 1.29 is 31.9 Å². The molecule has 0 unspecified atom stereocenters. The van der Waals surface area contributed by atoms with Crippen molar-refractivity contribution >= 4 is 51.6 Å². The number of allylic oxidation sites excluding steroid dienone is 2. The summed E-state index contributed by atoms with van der Waals surface area (Å²) in [5.41, 5.74) is -3.71. The number of benzene rings is 2. The van der Waals surface area contributed by atoms with E-state index >= 15 is 4.39 Å². The first-order valence-corrected chi connectivity index (χ1v) is 11.6. The molecule has 1 aliphatic rings. The van der Waals surface area contributed by atoms with Gasteiger partial charge in [0.15, 0.2) is 11.5 Å². The van der Waals surface area contributed by atoms with Gasteiger partial charge in [0.05, 0.1) is 18.7 Å². The van der Waals surface area contributed by atoms with Crippen LogP contribution in [0.25, 0.3) is 5.57 Å². The number of hydrogen-bond donors (Lipinski definition) is 0. The molecule has 0 saturated carbocycles. The average molecular weight is 610 g/mol. The molecule has 1 fully saturated rings. The van der Waals surface area contributed by atoms with E-state index in [9.17, 15) is 22.8 Å². The van der Waals surface area contributed by atoms with E-state index in [0.717, 1.165) is 6.07 Å². The van der Waals surface area contributed by atoms with Crippen molar-refractivity contribution in [1.82, 2.24) is 4.90 Å². The van der Waals surface area contributed by atoms with Crippen LogP contribution in [-0.4, -0.2) is 41.6 Å². The largest absolute Gasteiger partial charge is 0.444 e. The lowest BCUT2D eigenvalue weighted by Gasteiger charge is -2.44. The monoisotopic (exact) mass is 609 g/mol. The number of hydrogen-bond acceptors (Lipinski definition) is 3. The average Bonchev–Trinajstić information content (AvgIpc) is 2.66. The van der Waals surface area contributed by atoms with Gasteiger partial charge in [-0.15, -0.1) is 0 Å². The number of ether oxygens (including phenoxy) is 1. The minimum atomic E-state index is -4.79. The zero-order valence-corrected chi connectivity index (χ0v) is 21.4. The summed E-state index contributed by atoms with van der Waals surface area (Å²) < 4.78 is 61.9. The summed E-state index contributed by atoms with van der Waals surface area (Å²) >= 11 is 7.72. The third-order valence-corrected chi connectivity index (χ3v) is 5.82. The van der Waals surface area contributed by atoms with Gasteiger partial charge < -0.3 is 9.64 Å². The molecule has 34 heavy (non-hydrogen) atoms. The van der Waals surface area contributed by atoms with E-state index in [0.29, 0.717) is 9.65 Å². The molecular weight excluding hydrogens is 589 g/mol. The topological polar surface area (TPSA) is 46.6 Å². The highest BCUT2D eigenvalue weighted by molar-refractivity contribution is 14.1. The van der Waals surface area contributed by atoms with Crippen molar-refractivity contribution in [2.24, 2.45) is 0 Å². The highest BCUT2D eigenvalue weighted by Crippen LogP contribution is 2.38. The smallest absolute Gasteiger partial charge is 0.417 e. The Morgan fingerprint density at radius 3 is 2.15 bits per heavy atom. The summed E-state index contributed by atoms with van der Waals surface area (Å²) in [6.45, 7) is 4.67. The summed E-state index contributed by atoms with van der Waals surface area (Å²) in [6.07, 6.45) is -4.91. The zero-order chi connectivity index (χ0) is 25.5. The molecule has 0 N–H and O–H groups in total. The predicted molar refractivity (Wildman–Crippen MR) is 130 cm³/mol.